The maximum Gasteiger partial charge on any atom is 0.232 e. The summed E-state index contributed by atoms with van der Waals surface area (Å²) in [5.74, 6) is 1.41. The number of benzene rings is 2. The van der Waals surface area contributed by atoms with Crippen LogP contribution >= 0.6 is 0 Å². The third-order valence-electron chi connectivity index (χ3n) is 5.48. The first-order valence-electron chi connectivity index (χ1n) is 12.0. The van der Waals surface area contributed by atoms with E-state index in [1.807, 2.05) is 24.3 Å². The number of aryl methyl sites for hydroxylation is 1. The van der Waals surface area contributed by atoms with Crippen molar-refractivity contribution in [2.45, 2.75) is 71.8 Å². The highest BCUT2D eigenvalue weighted by Gasteiger charge is 2.04. The molecule has 0 spiro atoms. The molecule has 0 radical (unpaired) electrons. The van der Waals surface area contributed by atoms with E-state index in [1.54, 1.807) is 12.4 Å². The van der Waals surface area contributed by atoms with E-state index < -0.39 is 0 Å². The average Bonchev–Trinajstić information content (AvgIpc) is 2.85. The molecule has 0 bridgehead atoms. The van der Waals surface area contributed by atoms with Crippen LogP contribution in [0.15, 0.2) is 60.9 Å². The predicted octanol–water partition coefficient (Wildman–Crippen LogP) is 7.41. The Morgan fingerprint density at radius 3 is 2.06 bits per heavy atom. The largest absolute Gasteiger partial charge is 0.494 e. The Bertz CT molecular complexity index is 890. The molecule has 0 aliphatic heterocycles. The molecule has 0 atom stereocenters. The highest BCUT2D eigenvalue weighted by Crippen LogP contribution is 2.21. The maximum absolute atomic E-state index is 5.83. The normalized spacial score (nSPS) is 10.8. The van der Waals surface area contributed by atoms with Gasteiger partial charge < -0.3 is 9.47 Å². The average molecular weight is 433 g/mol. The SMILES string of the molecule is CCCCCCCCc1ccc(COc2cnc(-c3ccc(OCCC)cc3)cn2)cc1. The molecule has 170 valence electrons. The molecule has 3 aromatic rings. The Labute approximate surface area is 193 Å². The molecule has 32 heavy (non-hydrogen) atoms. The van der Waals surface area contributed by atoms with Crippen LogP contribution in [-0.4, -0.2) is 16.6 Å². The van der Waals surface area contributed by atoms with Gasteiger partial charge in [0.15, 0.2) is 0 Å². The lowest BCUT2D eigenvalue weighted by Crippen LogP contribution is -1.99. The van der Waals surface area contributed by atoms with Gasteiger partial charge in [0.1, 0.15) is 12.4 Å². The quantitative estimate of drug-likeness (QED) is 0.249. The lowest BCUT2D eigenvalue weighted by molar-refractivity contribution is 0.292. The van der Waals surface area contributed by atoms with Crippen LogP contribution in [0.2, 0.25) is 0 Å². The number of rotatable bonds is 14. The zero-order chi connectivity index (χ0) is 22.4. The van der Waals surface area contributed by atoms with E-state index in [9.17, 15) is 0 Å². The predicted molar refractivity (Wildman–Crippen MR) is 131 cm³/mol. The lowest BCUT2D eigenvalue weighted by atomic mass is 10.0. The lowest BCUT2D eigenvalue weighted by Gasteiger charge is -2.08. The van der Waals surface area contributed by atoms with Gasteiger partial charge in [-0.1, -0.05) is 70.2 Å². The van der Waals surface area contributed by atoms with Gasteiger partial charge in [0.2, 0.25) is 5.88 Å². The summed E-state index contributed by atoms with van der Waals surface area (Å²) < 4.78 is 11.5. The minimum atomic E-state index is 0.495. The van der Waals surface area contributed by atoms with Crippen molar-refractivity contribution in [1.29, 1.82) is 0 Å². The molecule has 0 fully saturated rings. The molecule has 0 aliphatic carbocycles. The van der Waals surface area contributed by atoms with Crippen LogP contribution in [0.3, 0.4) is 0 Å². The summed E-state index contributed by atoms with van der Waals surface area (Å²) in [7, 11) is 0. The van der Waals surface area contributed by atoms with Crippen molar-refractivity contribution in [1.82, 2.24) is 9.97 Å². The fourth-order valence-corrected chi connectivity index (χ4v) is 3.55. The van der Waals surface area contributed by atoms with Crippen LogP contribution in [0.25, 0.3) is 11.3 Å². The van der Waals surface area contributed by atoms with E-state index in [0.717, 1.165) is 42.0 Å². The minimum absolute atomic E-state index is 0.495. The molecule has 4 nitrogen and oxygen atoms in total. The fraction of sp³-hybridized carbons (Fsp3) is 0.429. The summed E-state index contributed by atoms with van der Waals surface area (Å²) in [5.41, 5.74) is 4.37. The number of aromatic nitrogens is 2. The van der Waals surface area contributed by atoms with E-state index in [4.69, 9.17) is 9.47 Å². The Morgan fingerprint density at radius 2 is 1.38 bits per heavy atom. The molecule has 0 saturated carbocycles. The summed E-state index contributed by atoms with van der Waals surface area (Å²) in [4.78, 5) is 8.91. The molecule has 0 amide bonds. The van der Waals surface area contributed by atoms with Crippen molar-refractivity contribution in [2.75, 3.05) is 6.61 Å². The number of ether oxygens (including phenoxy) is 2. The van der Waals surface area contributed by atoms with Gasteiger partial charge in [0.05, 0.1) is 24.7 Å². The molecule has 3 rings (SSSR count). The molecule has 1 aromatic heterocycles. The van der Waals surface area contributed by atoms with Crippen LogP contribution in [0.5, 0.6) is 11.6 Å². The highest BCUT2D eigenvalue weighted by atomic mass is 16.5. The third-order valence-corrected chi connectivity index (χ3v) is 5.48. The van der Waals surface area contributed by atoms with Gasteiger partial charge in [0, 0.05) is 5.56 Å². The van der Waals surface area contributed by atoms with Gasteiger partial charge in [-0.15, -0.1) is 0 Å². The standard InChI is InChI=1S/C28H36N2O2/c1-3-5-6-7-8-9-10-23-11-13-24(14-12-23)22-32-28-21-29-27(20-30-28)25-15-17-26(18-16-25)31-19-4-2/h11-18,20-21H,3-10,19,22H2,1-2H3. The van der Waals surface area contributed by atoms with Crippen molar-refractivity contribution in [2.24, 2.45) is 0 Å². The molecule has 1 heterocycles. The van der Waals surface area contributed by atoms with Crippen LogP contribution in [0.4, 0.5) is 0 Å². The molecule has 2 aromatic carbocycles. The maximum atomic E-state index is 5.83. The molecular formula is C28H36N2O2. The van der Waals surface area contributed by atoms with E-state index in [0.29, 0.717) is 12.5 Å². The van der Waals surface area contributed by atoms with Crippen molar-refractivity contribution >= 4 is 0 Å². The zero-order valence-electron chi connectivity index (χ0n) is 19.6. The Balaban J connectivity index is 1.43. The number of nitrogens with zero attached hydrogens (tertiary/aromatic N) is 2. The summed E-state index contributed by atoms with van der Waals surface area (Å²) in [6, 6.07) is 16.7. The van der Waals surface area contributed by atoms with Gasteiger partial charge in [-0.3, -0.25) is 0 Å². The first-order chi connectivity index (χ1) is 15.8. The van der Waals surface area contributed by atoms with Gasteiger partial charge in [-0.05, 0) is 54.7 Å². The first kappa shape index (κ1) is 23.8. The second-order valence-corrected chi connectivity index (χ2v) is 8.24. The summed E-state index contributed by atoms with van der Waals surface area (Å²) >= 11 is 0. The Hall–Kier alpha value is -2.88. The summed E-state index contributed by atoms with van der Waals surface area (Å²) in [6.45, 7) is 5.58. The van der Waals surface area contributed by atoms with Crippen molar-refractivity contribution in [3.63, 3.8) is 0 Å². The molecular weight excluding hydrogens is 396 g/mol. The van der Waals surface area contributed by atoms with Crippen molar-refractivity contribution < 1.29 is 9.47 Å². The zero-order valence-corrected chi connectivity index (χ0v) is 19.6. The second-order valence-electron chi connectivity index (χ2n) is 8.24. The van der Waals surface area contributed by atoms with Crippen LogP contribution in [0, 0.1) is 0 Å². The number of unbranched alkanes of at least 4 members (excludes halogenated alkanes) is 5. The van der Waals surface area contributed by atoms with Crippen LogP contribution < -0.4 is 9.47 Å². The molecule has 0 saturated heterocycles. The van der Waals surface area contributed by atoms with E-state index >= 15 is 0 Å². The Morgan fingerprint density at radius 1 is 0.656 bits per heavy atom. The van der Waals surface area contributed by atoms with E-state index in [1.165, 1.54) is 44.1 Å². The van der Waals surface area contributed by atoms with Crippen LogP contribution in [0.1, 0.15) is 69.9 Å². The molecule has 0 unspecified atom stereocenters. The monoisotopic (exact) mass is 432 g/mol. The highest BCUT2D eigenvalue weighted by molar-refractivity contribution is 5.59. The third kappa shape index (κ3) is 7.99. The number of hydrogen-bond acceptors (Lipinski definition) is 4. The van der Waals surface area contributed by atoms with Gasteiger partial charge >= 0.3 is 0 Å². The first-order valence-corrected chi connectivity index (χ1v) is 12.0. The minimum Gasteiger partial charge on any atom is -0.494 e. The fourth-order valence-electron chi connectivity index (χ4n) is 3.55. The molecule has 4 heteroatoms. The van der Waals surface area contributed by atoms with E-state index in [2.05, 4.69) is 48.1 Å². The topological polar surface area (TPSA) is 44.2 Å². The Kier molecular flexibility index (Phi) is 10.0. The van der Waals surface area contributed by atoms with Gasteiger partial charge in [-0.25, -0.2) is 9.97 Å². The smallest absolute Gasteiger partial charge is 0.232 e. The summed E-state index contributed by atoms with van der Waals surface area (Å²) in [5, 5.41) is 0. The van der Waals surface area contributed by atoms with Crippen LogP contribution in [-0.2, 0) is 13.0 Å². The van der Waals surface area contributed by atoms with Gasteiger partial charge in [0.25, 0.3) is 0 Å². The van der Waals surface area contributed by atoms with Crippen molar-refractivity contribution in [3.05, 3.63) is 72.1 Å². The molecule has 0 N–H and O–H groups in total. The van der Waals surface area contributed by atoms with Crippen molar-refractivity contribution in [3.8, 4) is 22.9 Å². The summed E-state index contributed by atoms with van der Waals surface area (Å²) in [6.07, 6.45) is 13.6. The molecule has 0 aliphatic rings. The number of hydrogen-bond donors (Lipinski definition) is 0. The van der Waals surface area contributed by atoms with Gasteiger partial charge in [-0.2, -0.15) is 0 Å². The van der Waals surface area contributed by atoms with E-state index in [-0.39, 0.29) is 0 Å². The second kappa shape index (κ2) is 13.5.